The van der Waals surface area contributed by atoms with Gasteiger partial charge in [-0.3, -0.25) is 0 Å². The van der Waals surface area contributed by atoms with Crippen LogP contribution in [0.1, 0.15) is 11.1 Å². The van der Waals surface area contributed by atoms with Crippen molar-refractivity contribution in [3.05, 3.63) is 35.4 Å². The lowest BCUT2D eigenvalue weighted by atomic mass is 10.0. The van der Waals surface area contributed by atoms with Gasteiger partial charge in [0.1, 0.15) is 0 Å². The molecule has 0 saturated carbocycles. The maximum atomic E-state index is 5.66. The van der Waals surface area contributed by atoms with Crippen LogP contribution in [0.15, 0.2) is 24.3 Å². The second-order valence-electron chi connectivity index (χ2n) is 3.23. The van der Waals surface area contributed by atoms with E-state index >= 15 is 0 Å². The monoisotopic (exact) mass is 195 g/mol. The molecule has 0 aliphatic rings. The molecule has 0 aliphatic carbocycles. The molecule has 0 atom stereocenters. The molecular weight excluding hydrogens is 178 g/mol. The minimum Gasteiger partial charge on any atom is -0.348 e. The van der Waals surface area contributed by atoms with Crippen molar-refractivity contribution < 1.29 is 9.47 Å². The first-order valence-electron chi connectivity index (χ1n) is 4.56. The number of nitrogens with two attached hydrogens (primary N) is 1. The Labute approximate surface area is 84.8 Å². The molecule has 3 nitrogen and oxygen atoms in total. The number of hydrogen-bond donors (Lipinski definition) is 1. The van der Waals surface area contributed by atoms with Crippen molar-refractivity contribution in [3.8, 4) is 0 Å². The van der Waals surface area contributed by atoms with Gasteiger partial charge in [-0.25, -0.2) is 0 Å². The average molecular weight is 195 g/mol. The molecular formula is C11H17NO2. The molecule has 0 aromatic heterocycles. The molecule has 3 heteroatoms. The largest absolute Gasteiger partial charge is 0.348 e. The lowest BCUT2D eigenvalue weighted by Crippen LogP contribution is -2.38. The Balaban J connectivity index is 3.10. The molecule has 2 N–H and O–H groups in total. The fraction of sp³-hybridized carbons (Fsp3) is 0.455. The van der Waals surface area contributed by atoms with Crippen molar-refractivity contribution in [2.45, 2.75) is 12.7 Å². The summed E-state index contributed by atoms with van der Waals surface area (Å²) in [5, 5.41) is 0. The number of methoxy groups -OCH3 is 2. The van der Waals surface area contributed by atoms with E-state index < -0.39 is 5.79 Å². The van der Waals surface area contributed by atoms with Gasteiger partial charge in [0, 0.05) is 19.8 Å². The lowest BCUT2D eigenvalue weighted by Gasteiger charge is -2.29. The summed E-state index contributed by atoms with van der Waals surface area (Å²) >= 11 is 0. The van der Waals surface area contributed by atoms with E-state index in [1.165, 1.54) is 0 Å². The Morgan fingerprint density at radius 3 is 2.36 bits per heavy atom. The number of ether oxygens (including phenoxy) is 2. The van der Waals surface area contributed by atoms with Crippen LogP contribution in [0, 0.1) is 6.92 Å². The minimum absolute atomic E-state index is 0.295. The highest BCUT2D eigenvalue weighted by atomic mass is 16.7. The Bertz CT molecular complexity index is 287. The third-order valence-corrected chi connectivity index (χ3v) is 2.39. The lowest BCUT2D eigenvalue weighted by molar-refractivity contribution is -0.207. The van der Waals surface area contributed by atoms with Gasteiger partial charge in [-0.15, -0.1) is 0 Å². The SMILES string of the molecule is COC(CN)(OC)c1cccc(C)c1. The zero-order valence-corrected chi connectivity index (χ0v) is 8.91. The predicted octanol–water partition coefficient (Wildman–Crippen LogP) is 1.40. The Morgan fingerprint density at radius 1 is 1.29 bits per heavy atom. The summed E-state index contributed by atoms with van der Waals surface area (Å²) in [5.41, 5.74) is 7.77. The molecule has 78 valence electrons. The molecule has 0 radical (unpaired) electrons. The molecule has 1 aromatic rings. The zero-order valence-electron chi connectivity index (χ0n) is 8.91. The molecule has 0 fully saturated rings. The average Bonchev–Trinajstić information content (AvgIpc) is 2.22. The fourth-order valence-electron chi connectivity index (χ4n) is 1.49. The molecule has 0 heterocycles. The maximum Gasteiger partial charge on any atom is 0.207 e. The van der Waals surface area contributed by atoms with Gasteiger partial charge in [0.2, 0.25) is 5.79 Å². The molecule has 0 spiro atoms. The zero-order chi connectivity index (χ0) is 10.6. The second kappa shape index (κ2) is 4.55. The van der Waals surface area contributed by atoms with Crippen molar-refractivity contribution in [1.29, 1.82) is 0 Å². The Hall–Kier alpha value is -0.900. The van der Waals surface area contributed by atoms with Crippen LogP contribution in [-0.4, -0.2) is 20.8 Å². The molecule has 1 rings (SSSR count). The van der Waals surface area contributed by atoms with Gasteiger partial charge in [0.25, 0.3) is 0 Å². The highest BCUT2D eigenvalue weighted by Gasteiger charge is 2.30. The molecule has 0 unspecified atom stereocenters. The molecule has 14 heavy (non-hydrogen) atoms. The van der Waals surface area contributed by atoms with Gasteiger partial charge in [-0.2, -0.15) is 0 Å². The molecule has 0 aliphatic heterocycles. The van der Waals surface area contributed by atoms with E-state index in [0.29, 0.717) is 6.54 Å². The van der Waals surface area contributed by atoms with Crippen LogP contribution in [0.4, 0.5) is 0 Å². The smallest absolute Gasteiger partial charge is 0.207 e. The minimum atomic E-state index is -0.813. The van der Waals surface area contributed by atoms with Gasteiger partial charge < -0.3 is 15.2 Å². The van der Waals surface area contributed by atoms with E-state index in [1.807, 2.05) is 31.2 Å². The molecule has 0 bridgehead atoms. The maximum absolute atomic E-state index is 5.66. The first-order valence-corrected chi connectivity index (χ1v) is 4.56. The highest BCUT2D eigenvalue weighted by Crippen LogP contribution is 2.25. The summed E-state index contributed by atoms with van der Waals surface area (Å²) < 4.78 is 10.7. The summed E-state index contributed by atoms with van der Waals surface area (Å²) in [5.74, 6) is -0.813. The third kappa shape index (κ3) is 1.95. The Morgan fingerprint density at radius 2 is 1.93 bits per heavy atom. The van der Waals surface area contributed by atoms with Crippen molar-refractivity contribution in [2.24, 2.45) is 5.73 Å². The van der Waals surface area contributed by atoms with E-state index in [1.54, 1.807) is 14.2 Å². The second-order valence-corrected chi connectivity index (χ2v) is 3.23. The Kier molecular flexibility index (Phi) is 3.63. The quantitative estimate of drug-likeness (QED) is 0.738. The summed E-state index contributed by atoms with van der Waals surface area (Å²) in [6.07, 6.45) is 0. The number of benzene rings is 1. The van der Waals surface area contributed by atoms with Crippen molar-refractivity contribution >= 4 is 0 Å². The van der Waals surface area contributed by atoms with E-state index in [2.05, 4.69) is 0 Å². The van der Waals surface area contributed by atoms with Crippen molar-refractivity contribution in [3.63, 3.8) is 0 Å². The van der Waals surface area contributed by atoms with Crippen LogP contribution >= 0.6 is 0 Å². The van der Waals surface area contributed by atoms with E-state index in [0.717, 1.165) is 11.1 Å². The normalized spacial score (nSPS) is 11.7. The predicted molar refractivity (Wildman–Crippen MR) is 55.9 cm³/mol. The van der Waals surface area contributed by atoms with Crippen LogP contribution in [0.25, 0.3) is 0 Å². The summed E-state index contributed by atoms with van der Waals surface area (Å²) in [7, 11) is 3.19. The van der Waals surface area contributed by atoms with Crippen molar-refractivity contribution in [2.75, 3.05) is 20.8 Å². The summed E-state index contributed by atoms with van der Waals surface area (Å²) in [4.78, 5) is 0. The van der Waals surface area contributed by atoms with Crippen LogP contribution in [0.5, 0.6) is 0 Å². The number of rotatable bonds is 4. The first-order chi connectivity index (χ1) is 6.68. The van der Waals surface area contributed by atoms with Crippen LogP contribution in [0.2, 0.25) is 0 Å². The standard InChI is InChI=1S/C11H17NO2/c1-9-5-4-6-10(7-9)11(8-12,13-2)14-3/h4-7H,8,12H2,1-3H3. The van der Waals surface area contributed by atoms with Gasteiger partial charge in [0.15, 0.2) is 0 Å². The highest BCUT2D eigenvalue weighted by molar-refractivity contribution is 5.26. The van der Waals surface area contributed by atoms with Crippen LogP contribution in [0.3, 0.4) is 0 Å². The topological polar surface area (TPSA) is 44.5 Å². The van der Waals surface area contributed by atoms with E-state index in [9.17, 15) is 0 Å². The van der Waals surface area contributed by atoms with Gasteiger partial charge >= 0.3 is 0 Å². The van der Waals surface area contributed by atoms with Gasteiger partial charge in [0.05, 0.1) is 6.54 Å². The van der Waals surface area contributed by atoms with E-state index in [4.69, 9.17) is 15.2 Å². The van der Waals surface area contributed by atoms with E-state index in [-0.39, 0.29) is 0 Å². The van der Waals surface area contributed by atoms with Crippen LogP contribution < -0.4 is 5.73 Å². The van der Waals surface area contributed by atoms with Crippen LogP contribution in [-0.2, 0) is 15.3 Å². The molecule has 1 aromatic carbocycles. The first kappa shape index (κ1) is 11.2. The summed E-state index contributed by atoms with van der Waals surface area (Å²) in [6.45, 7) is 2.32. The number of aryl methyl sites for hydroxylation is 1. The van der Waals surface area contributed by atoms with Gasteiger partial charge in [-0.05, 0) is 6.92 Å². The molecule has 0 saturated heterocycles. The van der Waals surface area contributed by atoms with Gasteiger partial charge in [-0.1, -0.05) is 29.8 Å². The van der Waals surface area contributed by atoms with Crippen molar-refractivity contribution in [1.82, 2.24) is 0 Å². The summed E-state index contributed by atoms with van der Waals surface area (Å²) in [6, 6.07) is 7.95. The fourth-order valence-corrected chi connectivity index (χ4v) is 1.49. The third-order valence-electron chi connectivity index (χ3n) is 2.39. The molecule has 0 amide bonds. The number of hydrogen-bond acceptors (Lipinski definition) is 3.